The third kappa shape index (κ3) is 3.37. The molecule has 11 heteroatoms. The Morgan fingerprint density at radius 1 is 1.14 bits per heavy atom. The number of halogens is 5. The lowest BCUT2D eigenvalue weighted by atomic mass is 9.49. The highest BCUT2D eigenvalue weighted by Crippen LogP contribution is 2.59. The number of carboxylic acid groups (broad SMARTS) is 1. The third-order valence-corrected chi connectivity index (χ3v) is 5.96. The summed E-state index contributed by atoms with van der Waals surface area (Å²) in [6.07, 6.45) is -8.55. The largest absolute Gasteiger partial charge is 0.476 e. The van der Waals surface area contributed by atoms with E-state index in [0.717, 1.165) is 0 Å². The summed E-state index contributed by atoms with van der Waals surface area (Å²) in [4.78, 5) is 36.3. The standard InChI is InChI=1S/C17H19F5O6/c18-11(19)1-2-27-16(13(24)25,17(20,21)22)28-14(26)15-5-8-3-9(6-15)12(23)10(4-8)7-15/h8-11H,1-7H2,(H,24,25). The van der Waals surface area contributed by atoms with E-state index in [4.69, 9.17) is 5.11 Å². The topological polar surface area (TPSA) is 89.9 Å². The molecule has 158 valence electrons. The zero-order chi connectivity index (χ0) is 20.9. The molecule has 4 aliphatic rings. The predicted molar refractivity (Wildman–Crippen MR) is 80.1 cm³/mol. The van der Waals surface area contributed by atoms with Crippen molar-refractivity contribution in [2.45, 2.75) is 56.9 Å². The fourth-order valence-electron chi connectivity index (χ4n) is 4.92. The van der Waals surface area contributed by atoms with Crippen LogP contribution in [0, 0.1) is 23.2 Å². The van der Waals surface area contributed by atoms with Gasteiger partial charge in [-0.25, -0.2) is 13.6 Å². The van der Waals surface area contributed by atoms with Crippen LogP contribution in [0.15, 0.2) is 0 Å². The number of rotatable bonds is 7. The number of ketones is 1. The maximum atomic E-state index is 13.5. The summed E-state index contributed by atoms with van der Waals surface area (Å²) in [5.74, 6) is -9.38. The Bertz CT molecular complexity index is 659. The van der Waals surface area contributed by atoms with Gasteiger partial charge in [-0.05, 0) is 38.0 Å². The van der Waals surface area contributed by atoms with Crippen LogP contribution >= 0.6 is 0 Å². The summed E-state index contributed by atoms with van der Waals surface area (Å²) in [5.41, 5.74) is -1.39. The first-order chi connectivity index (χ1) is 12.9. The van der Waals surface area contributed by atoms with Crippen molar-refractivity contribution in [1.82, 2.24) is 0 Å². The summed E-state index contributed by atoms with van der Waals surface area (Å²) < 4.78 is 73.7. The molecule has 4 aliphatic carbocycles. The van der Waals surface area contributed by atoms with Gasteiger partial charge < -0.3 is 14.6 Å². The molecule has 1 N–H and O–H groups in total. The fraction of sp³-hybridized carbons (Fsp3) is 0.824. The Morgan fingerprint density at radius 2 is 1.71 bits per heavy atom. The number of alkyl halides is 5. The number of hydrogen-bond donors (Lipinski definition) is 1. The lowest BCUT2D eigenvalue weighted by Crippen LogP contribution is -2.61. The molecule has 0 spiro atoms. The van der Waals surface area contributed by atoms with Gasteiger partial charge in [0.15, 0.2) is 0 Å². The Balaban J connectivity index is 1.85. The minimum Gasteiger partial charge on any atom is -0.476 e. The number of carbonyl (C=O) groups excluding carboxylic acids is 2. The van der Waals surface area contributed by atoms with E-state index < -0.39 is 60.6 Å². The van der Waals surface area contributed by atoms with E-state index in [-0.39, 0.29) is 31.0 Å². The summed E-state index contributed by atoms with van der Waals surface area (Å²) >= 11 is 0. The molecular weight excluding hydrogens is 395 g/mol. The number of ether oxygens (including phenoxy) is 2. The SMILES string of the molecule is O=C1C2CC3CC1CC(C(=O)OC(OCCC(F)F)(C(=O)O)C(F)(F)F)(C3)C2. The van der Waals surface area contributed by atoms with Crippen LogP contribution in [0.2, 0.25) is 0 Å². The molecule has 0 radical (unpaired) electrons. The monoisotopic (exact) mass is 414 g/mol. The summed E-state index contributed by atoms with van der Waals surface area (Å²) in [5, 5.41) is 9.13. The van der Waals surface area contributed by atoms with Crippen molar-refractivity contribution >= 4 is 17.7 Å². The van der Waals surface area contributed by atoms with Gasteiger partial charge in [0.05, 0.1) is 12.0 Å². The van der Waals surface area contributed by atoms with Gasteiger partial charge in [-0.3, -0.25) is 9.59 Å². The van der Waals surface area contributed by atoms with Crippen LogP contribution in [0.5, 0.6) is 0 Å². The van der Waals surface area contributed by atoms with Crippen LogP contribution in [0.3, 0.4) is 0 Å². The van der Waals surface area contributed by atoms with Crippen molar-refractivity contribution in [1.29, 1.82) is 0 Å². The molecule has 0 heterocycles. The van der Waals surface area contributed by atoms with Crippen molar-refractivity contribution in [3.05, 3.63) is 0 Å². The molecule has 0 aromatic rings. The lowest BCUT2D eigenvalue weighted by Gasteiger charge is -2.54. The highest BCUT2D eigenvalue weighted by Gasteiger charge is 2.69. The molecule has 6 nitrogen and oxygen atoms in total. The minimum atomic E-state index is -5.69. The van der Waals surface area contributed by atoms with Gasteiger partial charge in [0, 0.05) is 18.3 Å². The molecule has 4 bridgehead atoms. The van der Waals surface area contributed by atoms with Crippen molar-refractivity contribution in [2.24, 2.45) is 23.2 Å². The summed E-state index contributed by atoms with van der Waals surface area (Å²) in [7, 11) is 0. The van der Waals surface area contributed by atoms with Crippen LogP contribution < -0.4 is 0 Å². The van der Waals surface area contributed by atoms with Crippen molar-refractivity contribution in [2.75, 3.05) is 6.61 Å². The normalized spacial score (nSPS) is 33.8. The molecule has 0 aliphatic heterocycles. The van der Waals surface area contributed by atoms with E-state index in [1.54, 1.807) is 0 Å². The van der Waals surface area contributed by atoms with Crippen LogP contribution in [-0.2, 0) is 23.9 Å². The van der Waals surface area contributed by atoms with E-state index in [1.165, 1.54) is 0 Å². The Hall–Kier alpha value is -1.78. The van der Waals surface area contributed by atoms with E-state index in [9.17, 15) is 36.3 Å². The number of carbonyl (C=O) groups is 3. The fourth-order valence-corrected chi connectivity index (χ4v) is 4.92. The highest BCUT2D eigenvalue weighted by molar-refractivity contribution is 5.91. The van der Waals surface area contributed by atoms with Crippen LogP contribution in [0.4, 0.5) is 22.0 Å². The first-order valence-electron chi connectivity index (χ1n) is 8.89. The van der Waals surface area contributed by atoms with Gasteiger partial charge in [0.25, 0.3) is 0 Å². The molecule has 4 rings (SSSR count). The second-order valence-corrected chi connectivity index (χ2v) is 7.86. The van der Waals surface area contributed by atoms with Gasteiger partial charge in [0.1, 0.15) is 5.78 Å². The predicted octanol–water partition coefficient (Wildman–Crippen LogP) is 2.94. The maximum absolute atomic E-state index is 13.5. The molecule has 0 amide bonds. The molecule has 4 saturated carbocycles. The molecule has 28 heavy (non-hydrogen) atoms. The molecular formula is C17H19F5O6. The molecule has 4 fully saturated rings. The van der Waals surface area contributed by atoms with E-state index in [0.29, 0.717) is 12.8 Å². The molecule has 0 aromatic carbocycles. The highest BCUT2D eigenvalue weighted by atomic mass is 19.4. The summed E-state index contributed by atoms with van der Waals surface area (Å²) in [6.45, 7) is -1.27. The van der Waals surface area contributed by atoms with Gasteiger partial charge in [-0.15, -0.1) is 0 Å². The molecule has 3 atom stereocenters. The average Bonchev–Trinajstić information content (AvgIpc) is 2.56. The minimum absolute atomic E-state index is 0.00224. The Morgan fingerprint density at radius 3 is 2.18 bits per heavy atom. The van der Waals surface area contributed by atoms with Crippen LogP contribution in [0.25, 0.3) is 0 Å². The lowest BCUT2D eigenvalue weighted by molar-refractivity contribution is -0.358. The zero-order valence-electron chi connectivity index (χ0n) is 14.6. The Labute approximate surface area is 156 Å². The number of aliphatic carboxylic acids is 1. The quantitative estimate of drug-likeness (QED) is 0.392. The number of esters is 1. The second-order valence-electron chi connectivity index (χ2n) is 7.86. The summed E-state index contributed by atoms with van der Waals surface area (Å²) in [6, 6.07) is 0. The molecule has 0 saturated heterocycles. The van der Waals surface area contributed by atoms with Crippen molar-refractivity contribution in [3.8, 4) is 0 Å². The van der Waals surface area contributed by atoms with Crippen molar-refractivity contribution in [3.63, 3.8) is 0 Å². The first kappa shape index (κ1) is 20.9. The van der Waals surface area contributed by atoms with Crippen LogP contribution in [0.1, 0.15) is 38.5 Å². The average molecular weight is 414 g/mol. The molecule has 3 unspecified atom stereocenters. The number of hydrogen-bond acceptors (Lipinski definition) is 5. The van der Waals surface area contributed by atoms with E-state index in [1.807, 2.05) is 0 Å². The van der Waals surface area contributed by atoms with Crippen LogP contribution in [-0.4, -0.2) is 47.8 Å². The van der Waals surface area contributed by atoms with Gasteiger partial charge in [-0.2, -0.15) is 13.2 Å². The number of carboxylic acids is 1. The second kappa shape index (κ2) is 6.93. The Kier molecular flexibility index (Phi) is 5.18. The third-order valence-electron chi connectivity index (χ3n) is 5.96. The van der Waals surface area contributed by atoms with Gasteiger partial charge >= 0.3 is 23.9 Å². The van der Waals surface area contributed by atoms with E-state index in [2.05, 4.69) is 9.47 Å². The van der Waals surface area contributed by atoms with Crippen molar-refractivity contribution < 1.29 is 50.9 Å². The van der Waals surface area contributed by atoms with Gasteiger partial charge in [0.2, 0.25) is 6.43 Å². The van der Waals surface area contributed by atoms with Gasteiger partial charge in [-0.1, -0.05) is 0 Å². The number of Topliss-reactive ketones (excluding diaryl/α,β-unsaturated/α-hetero) is 1. The smallest absolute Gasteiger partial charge is 0.468 e. The maximum Gasteiger partial charge on any atom is 0.468 e. The first-order valence-corrected chi connectivity index (χ1v) is 8.89. The molecule has 0 aromatic heterocycles. The zero-order valence-corrected chi connectivity index (χ0v) is 14.6. The van der Waals surface area contributed by atoms with E-state index >= 15 is 0 Å².